The summed E-state index contributed by atoms with van der Waals surface area (Å²) in [5.74, 6) is -1.09. The van der Waals surface area contributed by atoms with Crippen LogP contribution in [0.5, 0.6) is 5.75 Å². The minimum Gasteiger partial charge on any atom is -0.490 e. The van der Waals surface area contributed by atoms with Crippen LogP contribution in [0, 0.1) is 18.6 Å². The van der Waals surface area contributed by atoms with Crippen molar-refractivity contribution in [2.75, 3.05) is 0 Å². The summed E-state index contributed by atoms with van der Waals surface area (Å²) in [4.78, 5) is 11.6. The van der Waals surface area contributed by atoms with E-state index >= 15 is 0 Å². The van der Waals surface area contributed by atoms with Crippen LogP contribution in [0.2, 0.25) is 0 Å². The van der Waals surface area contributed by atoms with Crippen molar-refractivity contribution in [1.29, 1.82) is 0 Å². The number of benzene rings is 1. The first-order valence-corrected chi connectivity index (χ1v) is 7.26. The van der Waals surface area contributed by atoms with Gasteiger partial charge in [0.15, 0.2) is 0 Å². The average molecular weight is 313 g/mol. The van der Waals surface area contributed by atoms with Gasteiger partial charge in [-0.15, -0.1) is 0 Å². The maximum atomic E-state index is 13.4. The Morgan fingerprint density at radius 1 is 1.23 bits per heavy atom. The monoisotopic (exact) mass is 313 g/mol. The summed E-state index contributed by atoms with van der Waals surface area (Å²) in [5, 5.41) is 2.73. The molecule has 0 saturated heterocycles. The van der Waals surface area contributed by atoms with Gasteiger partial charge < -0.3 is 14.8 Å². The van der Waals surface area contributed by atoms with Crippen LogP contribution >= 0.6 is 0 Å². The summed E-state index contributed by atoms with van der Waals surface area (Å²) in [6, 6.07) is 2.31. The van der Waals surface area contributed by atoms with E-state index in [0.29, 0.717) is 12.8 Å². The highest BCUT2D eigenvalue weighted by Crippen LogP contribution is 2.28. The van der Waals surface area contributed by atoms with Crippen molar-refractivity contribution in [2.45, 2.75) is 58.3 Å². The number of carbonyl (C=O) groups excluding carboxylic acids is 1. The number of ether oxygens (including phenoxy) is 2. The van der Waals surface area contributed by atoms with Crippen molar-refractivity contribution in [2.24, 2.45) is 0 Å². The molecule has 2 rings (SSSR count). The third kappa shape index (κ3) is 4.32. The first-order valence-electron chi connectivity index (χ1n) is 7.26. The van der Waals surface area contributed by atoms with Gasteiger partial charge in [0, 0.05) is 36.6 Å². The summed E-state index contributed by atoms with van der Waals surface area (Å²) >= 11 is 0. The van der Waals surface area contributed by atoms with E-state index in [2.05, 4.69) is 5.32 Å². The highest BCUT2D eigenvalue weighted by molar-refractivity contribution is 5.68. The highest BCUT2D eigenvalue weighted by atomic mass is 19.1. The molecule has 0 atom stereocenters. The van der Waals surface area contributed by atoms with E-state index in [1.165, 1.54) is 19.1 Å². The Hall–Kier alpha value is -1.85. The fourth-order valence-corrected chi connectivity index (χ4v) is 2.14. The molecule has 1 saturated carbocycles. The summed E-state index contributed by atoms with van der Waals surface area (Å²) in [6.07, 6.45) is 0.525. The third-order valence-electron chi connectivity index (χ3n) is 3.37. The normalized spacial score (nSPS) is 21.0. The van der Waals surface area contributed by atoms with E-state index in [1.54, 1.807) is 20.8 Å². The molecule has 0 unspecified atom stereocenters. The lowest BCUT2D eigenvalue weighted by Crippen LogP contribution is -2.50. The zero-order chi connectivity index (χ0) is 16.5. The summed E-state index contributed by atoms with van der Waals surface area (Å²) in [5.41, 5.74) is -0.564. The summed E-state index contributed by atoms with van der Waals surface area (Å²) < 4.78 is 37.5. The molecule has 0 heterocycles. The second-order valence-electron chi connectivity index (χ2n) is 6.57. The number of hydrogen-bond donors (Lipinski definition) is 1. The number of carbonyl (C=O) groups is 1. The van der Waals surface area contributed by atoms with Crippen molar-refractivity contribution in [3.8, 4) is 5.75 Å². The standard InChI is InChI=1S/C16H21F2NO3/c1-9-13(17)7-12(8-14(9)18)21-11-5-10(6-11)19-15(20)22-16(2,3)4/h7-8,10-11H,5-6H2,1-4H3,(H,19,20). The topological polar surface area (TPSA) is 47.6 Å². The van der Waals surface area contributed by atoms with Crippen molar-refractivity contribution in [3.63, 3.8) is 0 Å². The Balaban J connectivity index is 1.79. The zero-order valence-electron chi connectivity index (χ0n) is 13.2. The minimum absolute atomic E-state index is 0.0228. The van der Waals surface area contributed by atoms with Gasteiger partial charge in [0.05, 0.1) is 0 Å². The molecular weight excluding hydrogens is 292 g/mol. The Labute approximate surface area is 128 Å². The Kier molecular flexibility index (Phi) is 4.58. The van der Waals surface area contributed by atoms with Gasteiger partial charge in [0.1, 0.15) is 29.1 Å². The van der Waals surface area contributed by atoms with Crippen LogP contribution in [0.15, 0.2) is 12.1 Å². The predicted octanol–water partition coefficient (Wildman–Crippen LogP) is 3.71. The van der Waals surface area contributed by atoms with Gasteiger partial charge in [-0.2, -0.15) is 0 Å². The van der Waals surface area contributed by atoms with Crippen LogP contribution in [-0.2, 0) is 4.74 Å². The molecule has 1 aliphatic rings. The molecule has 22 heavy (non-hydrogen) atoms. The molecule has 0 radical (unpaired) electrons. The fraction of sp³-hybridized carbons (Fsp3) is 0.562. The molecule has 1 aromatic rings. The molecule has 6 heteroatoms. The van der Waals surface area contributed by atoms with E-state index in [1.807, 2.05) is 0 Å². The lowest BCUT2D eigenvalue weighted by molar-refractivity contribution is 0.0362. The Bertz CT molecular complexity index is 540. The van der Waals surface area contributed by atoms with Crippen LogP contribution in [0.4, 0.5) is 13.6 Å². The van der Waals surface area contributed by atoms with Gasteiger partial charge >= 0.3 is 6.09 Å². The van der Waals surface area contributed by atoms with Gasteiger partial charge in [-0.1, -0.05) is 0 Å². The van der Waals surface area contributed by atoms with Crippen molar-refractivity contribution in [1.82, 2.24) is 5.32 Å². The Morgan fingerprint density at radius 3 is 2.27 bits per heavy atom. The molecule has 1 N–H and O–H groups in total. The lowest BCUT2D eigenvalue weighted by Gasteiger charge is -2.36. The Morgan fingerprint density at radius 2 is 1.77 bits per heavy atom. The number of amides is 1. The largest absolute Gasteiger partial charge is 0.490 e. The van der Waals surface area contributed by atoms with Crippen molar-refractivity contribution < 1.29 is 23.0 Å². The molecule has 0 spiro atoms. The van der Waals surface area contributed by atoms with Gasteiger partial charge in [0.2, 0.25) is 0 Å². The average Bonchev–Trinajstić information content (AvgIpc) is 2.30. The molecule has 4 nitrogen and oxygen atoms in total. The first kappa shape index (κ1) is 16.5. The summed E-state index contributed by atoms with van der Waals surface area (Å²) in [7, 11) is 0. The number of halogens is 2. The van der Waals surface area contributed by atoms with E-state index < -0.39 is 23.3 Å². The smallest absolute Gasteiger partial charge is 0.407 e. The quantitative estimate of drug-likeness (QED) is 0.925. The summed E-state index contributed by atoms with van der Waals surface area (Å²) in [6.45, 7) is 6.75. The maximum absolute atomic E-state index is 13.4. The van der Waals surface area contributed by atoms with Crippen LogP contribution in [-0.4, -0.2) is 23.8 Å². The molecule has 0 bridgehead atoms. The van der Waals surface area contributed by atoms with Gasteiger partial charge in [0.25, 0.3) is 0 Å². The first-order chi connectivity index (χ1) is 10.1. The molecule has 1 aliphatic carbocycles. The van der Waals surface area contributed by atoms with Crippen LogP contribution < -0.4 is 10.1 Å². The maximum Gasteiger partial charge on any atom is 0.407 e. The van der Waals surface area contributed by atoms with Crippen LogP contribution in [0.1, 0.15) is 39.2 Å². The van der Waals surface area contributed by atoms with Gasteiger partial charge in [-0.3, -0.25) is 0 Å². The van der Waals surface area contributed by atoms with E-state index in [-0.39, 0.29) is 23.5 Å². The number of rotatable bonds is 3. The minimum atomic E-state index is -0.627. The van der Waals surface area contributed by atoms with Gasteiger partial charge in [-0.25, -0.2) is 13.6 Å². The molecule has 1 fully saturated rings. The van der Waals surface area contributed by atoms with Gasteiger partial charge in [-0.05, 0) is 27.7 Å². The molecule has 0 aromatic heterocycles. The van der Waals surface area contributed by atoms with Crippen molar-refractivity contribution in [3.05, 3.63) is 29.3 Å². The number of nitrogens with one attached hydrogen (secondary N) is 1. The van der Waals surface area contributed by atoms with Crippen LogP contribution in [0.3, 0.4) is 0 Å². The second kappa shape index (κ2) is 6.10. The van der Waals surface area contributed by atoms with E-state index in [0.717, 1.165) is 0 Å². The molecule has 0 aliphatic heterocycles. The number of hydrogen-bond acceptors (Lipinski definition) is 3. The van der Waals surface area contributed by atoms with E-state index in [4.69, 9.17) is 9.47 Å². The zero-order valence-corrected chi connectivity index (χ0v) is 13.2. The molecule has 1 aromatic carbocycles. The predicted molar refractivity (Wildman–Crippen MR) is 77.9 cm³/mol. The van der Waals surface area contributed by atoms with E-state index in [9.17, 15) is 13.6 Å². The lowest BCUT2D eigenvalue weighted by atomic mass is 9.89. The fourth-order valence-electron chi connectivity index (χ4n) is 2.14. The SMILES string of the molecule is Cc1c(F)cc(OC2CC(NC(=O)OC(C)(C)C)C2)cc1F. The molecular formula is C16H21F2NO3. The second-order valence-corrected chi connectivity index (χ2v) is 6.57. The van der Waals surface area contributed by atoms with Crippen molar-refractivity contribution >= 4 is 6.09 Å². The number of alkyl carbamates (subject to hydrolysis) is 1. The molecule has 1 amide bonds. The molecule has 122 valence electrons. The highest BCUT2D eigenvalue weighted by Gasteiger charge is 2.33. The third-order valence-corrected chi connectivity index (χ3v) is 3.37. The van der Waals surface area contributed by atoms with Crippen LogP contribution in [0.25, 0.3) is 0 Å².